The minimum absolute atomic E-state index is 0.0120. The molecule has 0 atom stereocenters. The number of β-amino-alcohol motifs (C(OH)–C–C–N with tert-alkyl or cyclic N) is 1. The van der Waals surface area contributed by atoms with E-state index in [1.807, 2.05) is 30.3 Å². The molecule has 3 aromatic rings. The van der Waals surface area contributed by atoms with Crippen molar-refractivity contribution < 1.29 is 28.2 Å². The smallest absolute Gasteiger partial charge is 0.266 e. The lowest BCUT2D eigenvalue weighted by molar-refractivity contribution is -0.122. The Hall–Kier alpha value is -3.27. The van der Waals surface area contributed by atoms with E-state index in [4.69, 9.17) is 26.8 Å². The summed E-state index contributed by atoms with van der Waals surface area (Å²) in [5.74, 6) is -1.29. The van der Waals surface area contributed by atoms with Gasteiger partial charge in [-0.2, -0.15) is 0 Å². The minimum atomic E-state index is -0.944. The van der Waals surface area contributed by atoms with Crippen molar-refractivity contribution in [3.63, 3.8) is 0 Å². The third kappa shape index (κ3) is 6.25. The molecule has 4 rings (SSSR count). The molecule has 1 saturated heterocycles. The lowest BCUT2D eigenvalue weighted by atomic mass is 10.1. The Bertz CT molecular complexity index is 1270. The molecule has 5 nitrogen and oxygen atoms in total. The second kappa shape index (κ2) is 11.4. The van der Waals surface area contributed by atoms with Crippen molar-refractivity contribution in [2.24, 2.45) is 0 Å². The van der Waals surface area contributed by atoms with E-state index in [1.54, 1.807) is 24.3 Å². The summed E-state index contributed by atoms with van der Waals surface area (Å²) in [5, 5.41) is 9.17. The third-order valence-electron chi connectivity index (χ3n) is 5.08. The monoisotopic (exact) mass is 513 g/mol. The first-order chi connectivity index (χ1) is 16.9. The van der Waals surface area contributed by atoms with Gasteiger partial charge in [0.2, 0.25) is 0 Å². The zero-order chi connectivity index (χ0) is 24.8. The Balaban J connectivity index is 1.57. The van der Waals surface area contributed by atoms with Crippen molar-refractivity contribution in [1.82, 2.24) is 4.90 Å². The summed E-state index contributed by atoms with van der Waals surface area (Å²) in [7, 11) is 0. The lowest BCUT2D eigenvalue weighted by Crippen LogP contribution is -2.30. The van der Waals surface area contributed by atoms with Crippen LogP contribution >= 0.6 is 24.0 Å². The molecule has 9 heteroatoms. The van der Waals surface area contributed by atoms with Gasteiger partial charge in [-0.05, 0) is 47.0 Å². The maximum atomic E-state index is 13.6. The zero-order valence-corrected chi connectivity index (χ0v) is 20.1. The second-order valence-corrected chi connectivity index (χ2v) is 9.25. The number of ether oxygens (including phenoxy) is 2. The van der Waals surface area contributed by atoms with Gasteiger partial charge in [-0.1, -0.05) is 66.4 Å². The third-order valence-corrected chi connectivity index (χ3v) is 6.46. The number of carbonyl (C=O) groups is 1. The predicted molar refractivity (Wildman–Crippen MR) is 135 cm³/mol. The number of benzene rings is 3. The molecule has 1 fully saturated rings. The van der Waals surface area contributed by atoms with Crippen molar-refractivity contribution in [2.45, 2.75) is 13.2 Å². The number of thiocarbonyl (C=S) groups is 1. The average molecular weight is 514 g/mol. The number of halogens is 2. The molecule has 3 aromatic carbocycles. The highest BCUT2D eigenvalue weighted by Crippen LogP contribution is 2.35. The number of carbonyl (C=O) groups excluding carboxylic acids is 1. The second-order valence-electron chi connectivity index (χ2n) is 7.57. The SMILES string of the molecule is O=C1/C(=C/c2ccc(OCc3ccc(F)c(F)c3)c(OCc3ccccc3)c2)SC(=S)N1CCO. The predicted octanol–water partition coefficient (Wildman–Crippen LogP) is 5.32. The average Bonchev–Trinajstić information content (AvgIpc) is 3.12. The van der Waals surface area contributed by atoms with Gasteiger partial charge in [0.1, 0.15) is 17.5 Å². The van der Waals surface area contributed by atoms with Crippen molar-refractivity contribution in [3.8, 4) is 11.5 Å². The Labute approximate surface area is 211 Å². The lowest BCUT2D eigenvalue weighted by Gasteiger charge is -2.14. The van der Waals surface area contributed by atoms with Crippen LogP contribution < -0.4 is 9.47 Å². The van der Waals surface area contributed by atoms with Crippen molar-refractivity contribution >= 4 is 40.3 Å². The minimum Gasteiger partial charge on any atom is -0.485 e. The standard InChI is InChI=1S/C26H21F2NO4S2/c27-20-8-6-19(12-21(20)28)16-32-22-9-7-18(13-23(22)33-15-17-4-2-1-3-5-17)14-24-25(31)29(10-11-30)26(34)35-24/h1-9,12-14,30H,10-11,15-16H2/b24-14-. The molecule has 1 N–H and O–H groups in total. The summed E-state index contributed by atoms with van der Waals surface area (Å²) >= 11 is 6.40. The van der Waals surface area contributed by atoms with Crippen molar-refractivity contribution in [2.75, 3.05) is 13.2 Å². The van der Waals surface area contributed by atoms with Crippen LogP contribution in [0.25, 0.3) is 6.08 Å². The van der Waals surface area contributed by atoms with Crippen LogP contribution in [0.4, 0.5) is 8.78 Å². The van der Waals surface area contributed by atoms with Crippen LogP contribution in [0.3, 0.4) is 0 Å². The van der Waals surface area contributed by atoms with E-state index >= 15 is 0 Å². The molecule has 1 aliphatic rings. The highest BCUT2D eigenvalue weighted by Gasteiger charge is 2.31. The Kier molecular flexibility index (Phi) is 8.12. The van der Waals surface area contributed by atoms with Crippen molar-refractivity contribution in [3.05, 3.63) is 100.0 Å². The van der Waals surface area contributed by atoms with E-state index in [0.717, 1.165) is 17.7 Å². The van der Waals surface area contributed by atoms with Crippen LogP contribution in [0.1, 0.15) is 16.7 Å². The van der Waals surface area contributed by atoms with Crippen LogP contribution in [0.15, 0.2) is 71.6 Å². The topological polar surface area (TPSA) is 59.0 Å². The molecule has 0 bridgehead atoms. The first kappa shape index (κ1) is 24.8. The summed E-state index contributed by atoms with van der Waals surface area (Å²) in [4.78, 5) is 14.4. The molecular formula is C26H21F2NO4S2. The van der Waals surface area contributed by atoms with Gasteiger partial charge in [0.15, 0.2) is 23.1 Å². The first-order valence-electron chi connectivity index (χ1n) is 10.7. The maximum Gasteiger partial charge on any atom is 0.266 e. The highest BCUT2D eigenvalue weighted by atomic mass is 32.2. The molecule has 1 heterocycles. The van der Waals surface area contributed by atoms with Crippen molar-refractivity contribution in [1.29, 1.82) is 0 Å². The molecule has 0 unspecified atom stereocenters. The fourth-order valence-electron chi connectivity index (χ4n) is 3.32. The van der Waals surface area contributed by atoms with E-state index in [1.165, 1.54) is 22.7 Å². The Morgan fingerprint density at radius 3 is 2.40 bits per heavy atom. The Morgan fingerprint density at radius 2 is 1.66 bits per heavy atom. The molecule has 0 spiro atoms. The normalized spacial score (nSPS) is 14.6. The summed E-state index contributed by atoms with van der Waals surface area (Å²) < 4.78 is 39.0. The fraction of sp³-hybridized carbons (Fsp3) is 0.154. The summed E-state index contributed by atoms with van der Waals surface area (Å²) in [6.45, 7) is 0.258. The van der Waals surface area contributed by atoms with Gasteiger partial charge in [0.05, 0.1) is 18.1 Å². The number of amides is 1. The van der Waals surface area contributed by atoms with E-state index in [9.17, 15) is 13.6 Å². The van der Waals surface area contributed by atoms with Gasteiger partial charge in [-0.3, -0.25) is 9.69 Å². The molecule has 0 aromatic heterocycles. The van der Waals surface area contributed by atoms with Crippen LogP contribution in [-0.4, -0.2) is 33.4 Å². The van der Waals surface area contributed by atoms with Gasteiger partial charge in [-0.15, -0.1) is 0 Å². The number of hydrogen-bond acceptors (Lipinski definition) is 6. The molecule has 0 radical (unpaired) electrons. The molecular weight excluding hydrogens is 492 g/mol. The van der Waals surface area contributed by atoms with E-state index in [2.05, 4.69) is 0 Å². The Morgan fingerprint density at radius 1 is 0.914 bits per heavy atom. The number of rotatable bonds is 9. The van der Waals surface area contributed by atoms with Crippen LogP contribution in [0.2, 0.25) is 0 Å². The first-order valence-corrected chi connectivity index (χ1v) is 11.9. The molecule has 1 aliphatic heterocycles. The van der Waals surface area contributed by atoms with Crippen LogP contribution in [0.5, 0.6) is 11.5 Å². The largest absolute Gasteiger partial charge is 0.485 e. The molecule has 0 aliphatic carbocycles. The van der Waals surface area contributed by atoms with Gasteiger partial charge < -0.3 is 14.6 Å². The number of aliphatic hydroxyl groups is 1. The van der Waals surface area contributed by atoms with E-state index in [0.29, 0.717) is 31.9 Å². The van der Waals surface area contributed by atoms with E-state index in [-0.39, 0.29) is 32.3 Å². The van der Waals surface area contributed by atoms with Gasteiger partial charge in [-0.25, -0.2) is 8.78 Å². The quantitative estimate of drug-likeness (QED) is 0.309. The number of aliphatic hydroxyl groups excluding tert-OH is 1. The van der Waals surface area contributed by atoms with E-state index < -0.39 is 11.6 Å². The van der Waals surface area contributed by atoms with Gasteiger partial charge >= 0.3 is 0 Å². The fourth-order valence-corrected chi connectivity index (χ4v) is 4.63. The highest BCUT2D eigenvalue weighted by molar-refractivity contribution is 8.26. The number of nitrogens with zero attached hydrogens (tertiary/aromatic N) is 1. The summed E-state index contributed by atoms with van der Waals surface area (Å²) in [6, 6.07) is 18.4. The van der Waals surface area contributed by atoms with Gasteiger partial charge in [0.25, 0.3) is 5.91 Å². The molecule has 1 amide bonds. The maximum absolute atomic E-state index is 13.6. The zero-order valence-electron chi connectivity index (χ0n) is 18.4. The summed E-state index contributed by atoms with van der Waals surface area (Å²) in [5.41, 5.74) is 2.11. The summed E-state index contributed by atoms with van der Waals surface area (Å²) in [6.07, 6.45) is 1.70. The molecule has 35 heavy (non-hydrogen) atoms. The molecule has 180 valence electrons. The number of hydrogen-bond donors (Lipinski definition) is 1. The van der Waals surface area contributed by atoms with Crippen LogP contribution in [-0.2, 0) is 18.0 Å². The molecule has 0 saturated carbocycles. The van der Waals surface area contributed by atoms with Gasteiger partial charge in [0, 0.05) is 0 Å². The number of thioether (sulfide) groups is 1. The van der Waals surface area contributed by atoms with Crippen LogP contribution in [0, 0.1) is 11.6 Å².